The molecular weight excluding hydrogens is 687 g/mol. The quantitative estimate of drug-likeness (QED) is 0.171. The van der Waals surface area contributed by atoms with Crippen LogP contribution in [-0.2, 0) is 0 Å². The Bertz CT molecular complexity index is 3250. The van der Waals surface area contributed by atoms with Gasteiger partial charge in [-0.15, -0.1) is 0 Å². The van der Waals surface area contributed by atoms with E-state index in [1.54, 1.807) is 0 Å². The van der Waals surface area contributed by atoms with Crippen molar-refractivity contribution in [3.63, 3.8) is 0 Å². The monoisotopic (exact) mass is 717 g/mol. The summed E-state index contributed by atoms with van der Waals surface area (Å²) in [5, 5.41) is 4.33. The van der Waals surface area contributed by atoms with Gasteiger partial charge in [0.25, 0.3) is 0 Å². The van der Waals surface area contributed by atoms with E-state index in [9.17, 15) is 0 Å². The Morgan fingerprint density at radius 2 is 0.732 bits per heavy atom. The summed E-state index contributed by atoms with van der Waals surface area (Å²) < 4.78 is 13.0. The molecule has 56 heavy (non-hydrogen) atoms. The van der Waals surface area contributed by atoms with Crippen LogP contribution in [-0.4, -0.2) is 15.0 Å². The topological polar surface area (TPSA) is 65.0 Å². The van der Waals surface area contributed by atoms with Gasteiger partial charge in [-0.25, -0.2) is 15.0 Å². The van der Waals surface area contributed by atoms with Crippen molar-refractivity contribution in [2.24, 2.45) is 0 Å². The standard InChI is InChI=1S/C51H31N3O2/c1-3-12-32(13-4-1)34-16-10-19-38(29-34)50-52-49(33-14-5-2-6-15-33)53-51(54-50)39-25-27-43-42-26-24-36(30-46(42)55-47(43)31-39)35-17-9-18-37(28-35)40-21-11-22-44-41-20-7-8-23-45(41)56-48(40)44/h1-31H. The predicted octanol–water partition coefficient (Wildman–Crippen LogP) is 13.7. The number of aromatic nitrogens is 3. The number of hydrogen-bond acceptors (Lipinski definition) is 5. The SMILES string of the molecule is c1ccc(-c2cccc(-c3nc(-c4ccccc4)nc(-c4ccc5c(c4)oc4cc(-c6cccc(-c7cccc8c7oc7ccccc78)c6)ccc45)n3)c2)cc1. The van der Waals surface area contributed by atoms with Gasteiger partial charge in [-0.1, -0.05) is 146 Å². The highest BCUT2D eigenvalue weighted by molar-refractivity contribution is 6.10. The van der Waals surface area contributed by atoms with Crippen LogP contribution in [0.25, 0.3) is 111 Å². The molecule has 0 fully saturated rings. The van der Waals surface area contributed by atoms with Gasteiger partial charge in [-0.05, 0) is 70.3 Å². The van der Waals surface area contributed by atoms with Crippen molar-refractivity contribution in [2.45, 2.75) is 0 Å². The van der Waals surface area contributed by atoms with Gasteiger partial charge < -0.3 is 8.83 Å². The van der Waals surface area contributed by atoms with Gasteiger partial charge >= 0.3 is 0 Å². The summed E-state index contributed by atoms with van der Waals surface area (Å²) in [5.41, 5.74) is 12.7. The summed E-state index contributed by atoms with van der Waals surface area (Å²) in [7, 11) is 0. The first kappa shape index (κ1) is 31.9. The molecule has 8 aromatic carbocycles. The summed E-state index contributed by atoms with van der Waals surface area (Å²) >= 11 is 0. The molecule has 0 saturated carbocycles. The first-order chi connectivity index (χ1) is 27.7. The van der Waals surface area contributed by atoms with Crippen molar-refractivity contribution in [1.82, 2.24) is 15.0 Å². The molecule has 0 N–H and O–H groups in total. The fraction of sp³-hybridized carbons (Fsp3) is 0. The highest BCUT2D eigenvalue weighted by Gasteiger charge is 2.17. The van der Waals surface area contributed by atoms with E-state index in [4.69, 9.17) is 23.8 Å². The van der Waals surface area contributed by atoms with Crippen molar-refractivity contribution in [3.8, 4) is 67.5 Å². The average Bonchev–Trinajstić information content (AvgIpc) is 3.85. The molecule has 0 unspecified atom stereocenters. The summed E-state index contributed by atoms with van der Waals surface area (Å²) in [5.74, 6) is 1.81. The van der Waals surface area contributed by atoms with E-state index in [0.29, 0.717) is 17.5 Å². The number of benzene rings is 8. The Labute approximate surface area is 322 Å². The molecule has 11 rings (SSSR count). The van der Waals surface area contributed by atoms with E-state index in [1.165, 1.54) is 0 Å². The summed E-state index contributed by atoms with van der Waals surface area (Å²) in [6.07, 6.45) is 0. The van der Waals surface area contributed by atoms with Gasteiger partial charge in [-0.2, -0.15) is 0 Å². The number of para-hydroxylation sites is 2. The van der Waals surface area contributed by atoms with Gasteiger partial charge in [0.2, 0.25) is 0 Å². The first-order valence-corrected chi connectivity index (χ1v) is 18.7. The Morgan fingerprint density at radius 1 is 0.268 bits per heavy atom. The zero-order chi connectivity index (χ0) is 37.0. The molecule has 0 bridgehead atoms. The lowest BCUT2D eigenvalue weighted by Gasteiger charge is -2.09. The molecule has 0 saturated heterocycles. The summed E-state index contributed by atoms with van der Waals surface area (Å²) in [4.78, 5) is 15.0. The molecule has 5 heteroatoms. The third-order valence-corrected chi connectivity index (χ3v) is 10.5. The molecule has 0 amide bonds. The van der Waals surface area contributed by atoms with Crippen LogP contribution in [0.3, 0.4) is 0 Å². The number of furan rings is 2. The van der Waals surface area contributed by atoms with Crippen LogP contribution in [0, 0.1) is 0 Å². The van der Waals surface area contributed by atoms with E-state index in [2.05, 4.69) is 133 Å². The Hall–Kier alpha value is -7.63. The maximum Gasteiger partial charge on any atom is 0.164 e. The third kappa shape index (κ3) is 5.53. The molecule has 0 spiro atoms. The highest BCUT2D eigenvalue weighted by atomic mass is 16.3. The first-order valence-electron chi connectivity index (χ1n) is 18.7. The molecule has 262 valence electrons. The molecule has 3 heterocycles. The summed E-state index contributed by atoms with van der Waals surface area (Å²) in [6.45, 7) is 0. The maximum absolute atomic E-state index is 6.59. The van der Waals surface area contributed by atoms with Crippen LogP contribution < -0.4 is 0 Å². The molecule has 0 aliphatic heterocycles. The van der Waals surface area contributed by atoms with Crippen molar-refractivity contribution >= 4 is 43.9 Å². The van der Waals surface area contributed by atoms with Gasteiger partial charge in [0.1, 0.15) is 22.3 Å². The number of rotatable bonds is 6. The van der Waals surface area contributed by atoms with Crippen LogP contribution >= 0.6 is 0 Å². The summed E-state index contributed by atoms with van der Waals surface area (Å²) in [6, 6.07) is 64.6. The molecular formula is C51H31N3O2. The van der Waals surface area contributed by atoms with Gasteiger partial charge in [0.15, 0.2) is 17.5 Å². The largest absolute Gasteiger partial charge is 0.456 e. The van der Waals surface area contributed by atoms with E-state index in [-0.39, 0.29) is 0 Å². The second kappa shape index (κ2) is 13.0. The minimum atomic E-state index is 0.582. The molecule has 5 nitrogen and oxygen atoms in total. The molecule has 0 radical (unpaired) electrons. The van der Waals surface area contributed by atoms with E-state index < -0.39 is 0 Å². The van der Waals surface area contributed by atoms with E-state index in [1.807, 2.05) is 54.6 Å². The number of hydrogen-bond donors (Lipinski definition) is 0. The average molecular weight is 718 g/mol. The van der Waals surface area contributed by atoms with Crippen molar-refractivity contribution in [2.75, 3.05) is 0 Å². The minimum Gasteiger partial charge on any atom is -0.456 e. The Kier molecular flexibility index (Phi) is 7.42. The molecule has 0 aliphatic rings. The van der Waals surface area contributed by atoms with Crippen LogP contribution in [0.2, 0.25) is 0 Å². The fourth-order valence-corrected chi connectivity index (χ4v) is 7.76. The fourth-order valence-electron chi connectivity index (χ4n) is 7.76. The van der Waals surface area contributed by atoms with E-state index >= 15 is 0 Å². The van der Waals surface area contributed by atoms with Crippen molar-refractivity contribution in [3.05, 3.63) is 188 Å². The second-order valence-corrected chi connectivity index (χ2v) is 14.0. The van der Waals surface area contributed by atoms with Crippen molar-refractivity contribution in [1.29, 1.82) is 0 Å². The van der Waals surface area contributed by atoms with Gasteiger partial charge in [0.05, 0.1) is 0 Å². The zero-order valence-corrected chi connectivity index (χ0v) is 30.1. The van der Waals surface area contributed by atoms with Gasteiger partial charge in [-0.3, -0.25) is 0 Å². The Balaban J connectivity index is 0.979. The highest BCUT2D eigenvalue weighted by Crippen LogP contribution is 2.39. The van der Waals surface area contributed by atoms with Crippen LogP contribution in [0.1, 0.15) is 0 Å². The Morgan fingerprint density at radius 3 is 1.48 bits per heavy atom. The van der Waals surface area contributed by atoms with Crippen LogP contribution in [0.5, 0.6) is 0 Å². The molecule has 0 atom stereocenters. The zero-order valence-electron chi connectivity index (χ0n) is 30.1. The smallest absolute Gasteiger partial charge is 0.164 e. The molecule has 11 aromatic rings. The minimum absolute atomic E-state index is 0.582. The normalized spacial score (nSPS) is 11.6. The van der Waals surface area contributed by atoms with E-state index in [0.717, 1.165) is 93.9 Å². The van der Waals surface area contributed by atoms with Crippen LogP contribution in [0.15, 0.2) is 197 Å². The molecule has 0 aliphatic carbocycles. The second-order valence-electron chi connectivity index (χ2n) is 14.0. The lowest BCUT2D eigenvalue weighted by atomic mass is 9.97. The lowest BCUT2D eigenvalue weighted by Crippen LogP contribution is -2.00. The number of fused-ring (bicyclic) bond motifs is 6. The molecule has 3 aromatic heterocycles. The van der Waals surface area contributed by atoms with Gasteiger partial charge in [0, 0.05) is 43.8 Å². The third-order valence-electron chi connectivity index (χ3n) is 10.5. The van der Waals surface area contributed by atoms with Crippen molar-refractivity contribution < 1.29 is 8.83 Å². The maximum atomic E-state index is 6.59. The number of nitrogens with zero attached hydrogens (tertiary/aromatic N) is 3. The lowest BCUT2D eigenvalue weighted by molar-refractivity contribution is 0.669. The predicted molar refractivity (Wildman–Crippen MR) is 227 cm³/mol. The van der Waals surface area contributed by atoms with Crippen LogP contribution in [0.4, 0.5) is 0 Å².